The van der Waals surface area contributed by atoms with E-state index in [1.54, 1.807) is 38.7 Å². The summed E-state index contributed by atoms with van der Waals surface area (Å²) in [5.74, 6) is 1.73. The first-order valence-corrected chi connectivity index (χ1v) is 8.31. The third-order valence-electron chi connectivity index (χ3n) is 4.20. The highest BCUT2D eigenvalue weighted by molar-refractivity contribution is 5.93. The van der Waals surface area contributed by atoms with Crippen LogP contribution < -0.4 is 14.8 Å². The van der Waals surface area contributed by atoms with Crippen molar-refractivity contribution in [2.45, 2.75) is 19.3 Å². The normalized spacial score (nSPS) is 14.1. The summed E-state index contributed by atoms with van der Waals surface area (Å²) >= 11 is 0. The van der Waals surface area contributed by atoms with E-state index >= 15 is 0 Å². The second-order valence-corrected chi connectivity index (χ2v) is 5.84. The van der Waals surface area contributed by atoms with E-state index in [1.165, 1.54) is 6.42 Å². The van der Waals surface area contributed by atoms with E-state index in [2.05, 4.69) is 15.3 Å². The van der Waals surface area contributed by atoms with Crippen LogP contribution in [0.2, 0.25) is 0 Å². The standard InChI is InChI=1S/C18H22N4O3/c1-24-14-6-7-16(25-2)15(10-14)21-18-19-11-13(12-20-18)17(23)22-8-4-3-5-9-22/h6-7,10-12H,3-5,8-9H2,1-2H3,(H,19,20,21). The van der Waals surface area contributed by atoms with Crippen LogP contribution >= 0.6 is 0 Å². The van der Waals surface area contributed by atoms with Gasteiger partial charge in [-0.05, 0) is 31.4 Å². The predicted molar refractivity (Wildman–Crippen MR) is 94.6 cm³/mol. The first-order valence-electron chi connectivity index (χ1n) is 8.31. The monoisotopic (exact) mass is 342 g/mol. The Morgan fingerprint density at radius 1 is 1.08 bits per heavy atom. The van der Waals surface area contributed by atoms with Crippen LogP contribution in [0.5, 0.6) is 11.5 Å². The van der Waals surface area contributed by atoms with E-state index in [-0.39, 0.29) is 5.91 Å². The van der Waals surface area contributed by atoms with Gasteiger partial charge in [-0.1, -0.05) is 0 Å². The van der Waals surface area contributed by atoms with Crippen LogP contribution in [0.1, 0.15) is 29.6 Å². The number of piperidine rings is 1. The number of hydrogen-bond acceptors (Lipinski definition) is 6. The lowest BCUT2D eigenvalue weighted by Crippen LogP contribution is -2.35. The van der Waals surface area contributed by atoms with Crippen LogP contribution in [-0.2, 0) is 0 Å². The van der Waals surface area contributed by atoms with Gasteiger partial charge in [-0.2, -0.15) is 0 Å². The Labute approximate surface area is 147 Å². The Hall–Kier alpha value is -2.83. The zero-order valence-corrected chi connectivity index (χ0v) is 14.5. The van der Waals surface area contributed by atoms with Crippen molar-refractivity contribution >= 4 is 17.5 Å². The zero-order chi connectivity index (χ0) is 17.6. The Morgan fingerprint density at radius 3 is 2.44 bits per heavy atom. The molecule has 25 heavy (non-hydrogen) atoms. The molecule has 1 fully saturated rings. The fourth-order valence-electron chi connectivity index (χ4n) is 2.81. The molecule has 0 saturated carbocycles. The van der Waals surface area contributed by atoms with Crippen molar-refractivity contribution in [3.05, 3.63) is 36.2 Å². The quantitative estimate of drug-likeness (QED) is 0.900. The fourth-order valence-corrected chi connectivity index (χ4v) is 2.81. The number of aromatic nitrogens is 2. The lowest BCUT2D eigenvalue weighted by Gasteiger charge is -2.26. The molecule has 0 aliphatic carbocycles. The molecule has 2 heterocycles. The second kappa shape index (κ2) is 7.83. The Morgan fingerprint density at radius 2 is 1.80 bits per heavy atom. The molecule has 1 aliphatic heterocycles. The molecule has 3 rings (SSSR count). The number of benzene rings is 1. The summed E-state index contributed by atoms with van der Waals surface area (Å²) in [4.78, 5) is 22.8. The van der Waals surface area contributed by atoms with Gasteiger partial charge in [0.05, 0.1) is 25.5 Å². The van der Waals surface area contributed by atoms with Gasteiger partial charge in [0.15, 0.2) is 0 Å². The maximum Gasteiger partial charge on any atom is 0.256 e. The number of rotatable bonds is 5. The van der Waals surface area contributed by atoms with Gasteiger partial charge in [0, 0.05) is 31.5 Å². The van der Waals surface area contributed by atoms with Gasteiger partial charge in [0.2, 0.25) is 5.95 Å². The maximum absolute atomic E-state index is 12.4. The van der Waals surface area contributed by atoms with Crippen molar-refractivity contribution in [1.29, 1.82) is 0 Å². The average molecular weight is 342 g/mol. The fraction of sp³-hybridized carbons (Fsp3) is 0.389. The molecule has 1 N–H and O–H groups in total. The van der Waals surface area contributed by atoms with Gasteiger partial charge < -0.3 is 19.7 Å². The molecule has 1 amide bonds. The highest BCUT2D eigenvalue weighted by atomic mass is 16.5. The lowest BCUT2D eigenvalue weighted by atomic mass is 10.1. The van der Waals surface area contributed by atoms with Crippen molar-refractivity contribution in [3.63, 3.8) is 0 Å². The van der Waals surface area contributed by atoms with Crippen LogP contribution in [0.4, 0.5) is 11.6 Å². The highest BCUT2D eigenvalue weighted by Crippen LogP contribution is 2.30. The number of carbonyl (C=O) groups excluding carboxylic acids is 1. The van der Waals surface area contributed by atoms with Crippen LogP contribution in [0, 0.1) is 0 Å². The van der Waals surface area contributed by atoms with E-state index in [9.17, 15) is 4.79 Å². The molecule has 1 aliphatic rings. The molecule has 7 heteroatoms. The smallest absolute Gasteiger partial charge is 0.256 e. The van der Waals surface area contributed by atoms with Crippen LogP contribution in [0.25, 0.3) is 0 Å². The first kappa shape index (κ1) is 17.0. The van der Waals surface area contributed by atoms with Crippen molar-refractivity contribution in [3.8, 4) is 11.5 Å². The van der Waals surface area contributed by atoms with Gasteiger partial charge in [-0.3, -0.25) is 4.79 Å². The molecule has 1 aromatic carbocycles. The average Bonchev–Trinajstić information content (AvgIpc) is 2.68. The van der Waals surface area contributed by atoms with E-state index in [1.807, 2.05) is 11.0 Å². The van der Waals surface area contributed by atoms with Crippen molar-refractivity contribution in [2.24, 2.45) is 0 Å². The maximum atomic E-state index is 12.4. The molecule has 2 aromatic rings. The third kappa shape index (κ3) is 3.99. The number of ether oxygens (including phenoxy) is 2. The minimum absolute atomic E-state index is 0.00906. The number of methoxy groups -OCH3 is 2. The molecule has 1 aromatic heterocycles. The van der Waals surface area contributed by atoms with Crippen LogP contribution in [-0.4, -0.2) is 48.1 Å². The van der Waals surface area contributed by atoms with E-state index in [0.717, 1.165) is 25.9 Å². The van der Waals surface area contributed by atoms with Gasteiger partial charge in [-0.15, -0.1) is 0 Å². The van der Waals surface area contributed by atoms with Gasteiger partial charge in [0.1, 0.15) is 11.5 Å². The van der Waals surface area contributed by atoms with E-state index in [0.29, 0.717) is 28.7 Å². The molecule has 132 valence electrons. The van der Waals surface area contributed by atoms with Gasteiger partial charge >= 0.3 is 0 Å². The van der Waals surface area contributed by atoms with Crippen LogP contribution in [0.15, 0.2) is 30.6 Å². The minimum atomic E-state index is -0.00906. The topological polar surface area (TPSA) is 76.6 Å². The molecule has 7 nitrogen and oxygen atoms in total. The molecule has 0 spiro atoms. The summed E-state index contributed by atoms with van der Waals surface area (Å²) < 4.78 is 10.5. The Kier molecular flexibility index (Phi) is 5.33. The molecule has 0 unspecified atom stereocenters. The molecule has 0 atom stereocenters. The number of hydrogen-bond donors (Lipinski definition) is 1. The number of amides is 1. The largest absolute Gasteiger partial charge is 0.497 e. The summed E-state index contributed by atoms with van der Waals surface area (Å²) in [5, 5.41) is 3.09. The Balaban J connectivity index is 1.73. The molecular weight excluding hydrogens is 320 g/mol. The number of nitrogens with zero attached hydrogens (tertiary/aromatic N) is 3. The highest BCUT2D eigenvalue weighted by Gasteiger charge is 2.18. The van der Waals surface area contributed by atoms with Crippen molar-refractivity contribution in [2.75, 3.05) is 32.6 Å². The third-order valence-corrected chi connectivity index (χ3v) is 4.20. The first-order chi connectivity index (χ1) is 12.2. The van der Waals surface area contributed by atoms with Crippen molar-refractivity contribution < 1.29 is 14.3 Å². The van der Waals surface area contributed by atoms with E-state index < -0.39 is 0 Å². The molecule has 0 radical (unpaired) electrons. The number of likely N-dealkylation sites (tertiary alicyclic amines) is 1. The van der Waals surface area contributed by atoms with Crippen molar-refractivity contribution in [1.82, 2.24) is 14.9 Å². The van der Waals surface area contributed by atoms with E-state index in [4.69, 9.17) is 9.47 Å². The number of anilines is 2. The SMILES string of the molecule is COc1ccc(OC)c(Nc2ncc(C(=O)N3CCCCC3)cn2)c1. The number of carbonyl (C=O) groups is 1. The summed E-state index contributed by atoms with van der Waals surface area (Å²) in [5.41, 5.74) is 1.20. The van der Waals surface area contributed by atoms with Gasteiger partial charge in [0.25, 0.3) is 5.91 Å². The lowest BCUT2D eigenvalue weighted by molar-refractivity contribution is 0.0723. The predicted octanol–water partition coefficient (Wildman–Crippen LogP) is 2.86. The molecular formula is C18H22N4O3. The van der Waals surface area contributed by atoms with Gasteiger partial charge in [-0.25, -0.2) is 9.97 Å². The zero-order valence-electron chi connectivity index (χ0n) is 14.5. The summed E-state index contributed by atoms with van der Waals surface area (Å²) in [7, 11) is 3.19. The molecule has 0 bridgehead atoms. The summed E-state index contributed by atoms with van der Waals surface area (Å²) in [6.07, 6.45) is 6.41. The summed E-state index contributed by atoms with van der Waals surface area (Å²) in [6.45, 7) is 1.61. The second-order valence-electron chi connectivity index (χ2n) is 5.84. The van der Waals surface area contributed by atoms with Crippen LogP contribution in [0.3, 0.4) is 0 Å². The Bertz CT molecular complexity index is 728. The number of nitrogens with one attached hydrogen (secondary N) is 1. The minimum Gasteiger partial charge on any atom is -0.497 e. The molecule has 1 saturated heterocycles. The summed E-state index contributed by atoms with van der Waals surface area (Å²) in [6, 6.07) is 5.41.